The Bertz CT molecular complexity index is 662. The number of hydrogen-bond acceptors (Lipinski definition) is 3. The molecule has 0 spiro atoms. The fraction of sp³-hybridized carbons (Fsp3) is 0. The maximum atomic E-state index is 11.9. The summed E-state index contributed by atoms with van der Waals surface area (Å²) in [4.78, 5) is 15.9. The third-order valence-electron chi connectivity index (χ3n) is 2.90. The number of benzene rings is 1. The molecule has 0 bridgehead atoms. The van der Waals surface area contributed by atoms with Gasteiger partial charge in [-0.3, -0.25) is 9.78 Å². The van der Waals surface area contributed by atoms with Gasteiger partial charge in [0.2, 0.25) is 0 Å². The van der Waals surface area contributed by atoms with Crippen LogP contribution in [0.3, 0.4) is 0 Å². The molecule has 0 atom stereocenters. The Morgan fingerprint density at radius 3 is 2.89 bits per heavy atom. The lowest BCUT2D eigenvalue weighted by molar-refractivity contribution is -0.110. The van der Waals surface area contributed by atoms with Crippen LogP contribution >= 0.6 is 0 Å². The molecule has 1 aromatic carbocycles. The molecule has 4 heteroatoms. The molecule has 0 saturated carbocycles. The minimum absolute atomic E-state index is 0.112. The number of pyridine rings is 1. The molecular formula is C14H11N3O. The van der Waals surface area contributed by atoms with Gasteiger partial charge in [0.25, 0.3) is 5.91 Å². The Morgan fingerprint density at radius 2 is 2.06 bits per heavy atom. The highest BCUT2D eigenvalue weighted by Crippen LogP contribution is 2.33. The molecule has 2 heterocycles. The quantitative estimate of drug-likeness (QED) is 0.747. The first kappa shape index (κ1) is 10.5. The summed E-state index contributed by atoms with van der Waals surface area (Å²) < 4.78 is 0. The van der Waals surface area contributed by atoms with Crippen molar-refractivity contribution in [1.82, 2.24) is 4.98 Å². The summed E-state index contributed by atoms with van der Waals surface area (Å²) in [6.07, 6.45) is 5.04. The molecule has 0 aliphatic carbocycles. The highest BCUT2D eigenvalue weighted by molar-refractivity contribution is 6.35. The van der Waals surface area contributed by atoms with Crippen LogP contribution in [0, 0.1) is 0 Å². The van der Waals surface area contributed by atoms with Crippen molar-refractivity contribution in [1.29, 1.82) is 0 Å². The second kappa shape index (κ2) is 4.00. The number of nitrogens with zero attached hydrogens (tertiary/aromatic N) is 1. The van der Waals surface area contributed by atoms with Gasteiger partial charge in [-0.1, -0.05) is 18.2 Å². The minimum atomic E-state index is -0.112. The summed E-state index contributed by atoms with van der Waals surface area (Å²) in [6.45, 7) is 0. The zero-order valence-corrected chi connectivity index (χ0v) is 9.55. The smallest absolute Gasteiger partial charge is 0.256 e. The van der Waals surface area contributed by atoms with E-state index in [0.29, 0.717) is 11.3 Å². The van der Waals surface area contributed by atoms with Crippen molar-refractivity contribution in [3.8, 4) is 0 Å². The van der Waals surface area contributed by atoms with Gasteiger partial charge in [-0.05, 0) is 18.2 Å². The molecule has 2 aromatic rings. The summed E-state index contributed by atoms with van der Waals surface area (Å²) in [5, 5.41) is 2.82. The SMILES string of the molecule is Nc1ccncc1/C=C1\C(=O)Nc2ccccc21. The number of nitrogens with one attached hydrogen (secondary N) is 1. The van der Waals surface area contributed by atoms with Crippen molar-refractivity contribution in [2.45, 2.75) is 0 Å². The van der Waals surface area contributed by atoms with Gasteiger partial charge in [-0.2, -0.15) is 0 Å². The van der Waals surface area contributed by atoms with Gasteiger partial charge >= 0.3 is 0 Å². The van der Waals surface area contributed by atoms with Gasteiger partial charge in [0.05, 0.1) is 0 Å². The van der Waals surface area contributed by atoms with Crippen LogP contribution < -0.4 is 11.1 Å². The highest BCUT2D eigenvalue weighted by Gasteiger charge is 2.23. The van der Waals surface area contributed by atoms with Crippen molar-refractivity contribution >= 4 is 28.9 Å². The number of anilines is 2. The fourth-order valence-corrected chi connectivity index (χ4v) is 1.98. The first-order valence-electron chi connectivity index (χ1n) is 5.57. The van der Waals surface area contributed by atoms with Crippen LogP contribution in [0.4, 0.5) is 11.4 Å². The molecule has 1 aromatic heterocycles. The predicted molar refractivity (Wildman–Crippen MR) is 71.6 cm³/mol. The number of fused-ring (bicyclic) bond motifs is 1. The molecule has 88 valence electrons. The first-order valence-corrected chi connectivity index (χ1v) is 5.57. The number of carbonyl (C=O) groups is 1. The monoisotopic (exact) mass is 237 g/mol. The maximum absolute atomic E-state index is 11.9. The number of nitrogens with two attached hydrogens (primary N) is 1. The second-order valence-corrected chi connectivity index (χ2v) is 4.06. The zero-order chi connectivity index (χ0) is 12.5. The van der Waals surface area contributed by atoms with Crippen LogP contribution in [0.25, 0.3) is 11.6 Å². The van der Waals surface area contributed by atoms with E-state index in [1.807, 2.05) is 24.3 Å². The standard InChI is InChI=1S/C14H11N3O/c15-12-5-6-16-8-9(12)7-11-10-3-1-2-4-13(10)17-14(11)18/h1-8H,(H2,15,16)(H,17,18)/b11-7-. The number of rotatable bonds is 1. The molecule has 18 heavy (non-hydrogen) atoms. The molecule has 3 N–H and O–H groups in total. The Labute approximate surface area is 104 Å². The van der Waals surface area contributed by atoms with Crippen molar-refractivity contribution in [2.24, 2.45) is 0 Å². The molecule has 0 unspecified atom stereocenters. The van der Waals surface area contributed by atoms with Gasteiger partial charge in [-0.15, -0.1) is 0 Å². The zero-order valence-electron chi connectivity index (χ0n) is 9.55. The van der Waals surface area contributed by atoms with E-state index in [1.54, 1.807) is 24.5 Å². The van der Waals surface area contributed by atoms with Crippen molar-refractivity contribution in [3.05, 3.63) is 53.9 Å². The lowest BCUT2D eigenvalue weighted by Crippen LogP contribution is -2.03. The number of aromatic nitrogens is 1. The van der Waals surface area contributed by atoms with E-state index in [2.05, 4.69) is 10.3 Å². The Kier molecular flexibility index (Phi) is 2.34. The molecule has 0 fully saturated rings. The van der Waals surface area contributed by atoms with E-state index in [-0.39, 0.29) is 5.91 Å². The summed E-state index contributed by atoms with van der Waals surface area (Å²) in [6, 6.07) is 9.29. The van der Waals surface area contributed by atoms with Crippen molar-refractivity contribution in [2.75, 3.05) is 11.1 Å². The summed E-state index contributed by atoms with van der Waals surface area (Å²) >= 11 is 0. The minimum Gasteiger partial charge on any atom is -0.398 e. The average molecular weight is 237 g/mol. The normalized spacial score (nSPS) is 15.6. The third-order valence-corrected chi connectivity index (χ3v) is 2.90. The van der Waals surface area contributed by atoms with Crippen LogP contribution in [-0.4, -0.2) is 10.9 Å². The van der Waals surface area contributed by atoms with Crippen molar-refractivity contribution in [3.63, 3.8) is 0 Å². The number of para-hydroxylation sites is 1. The number of carbonyl (C=O) groups excluding carboxylic acids is 1. The van der Waals surface area contributed by atoms with Gasteiger partial charge in [-0.25, -0.2) is 0 Å². The molecule has 1 amide bonds. The highest BCUT2D eigenvalue weighted by atomic mass is 16.2. The Hall–Kier alpha value is -2.62. The van der Waals surface area contributed by atoms with Crippen LogP contribution in [0.1, 0.15) is 11.1 Å². The number of amides is 1. The Morgan fingerprint density at radius 1 is 1.22 bits per heavy atom. The third kappa shape index (κ3) is 1.64. The van der Waals surface area contributed by atoms with E-state index in [1.165, 1.54) is 0 Å². The lowest BCUT2D eigenvalue weighted by atomic mass is 10.0. The van der Waals surface area contributed by atoms with Gasteiger partial charge in [0.15, 0.2) is 0 Å². The number of nitrogen functional groups attached to an aromatic ring is 1. The first-order chi connectivity index (χ1) is 8.75. The molecule has 4 nitrogen and oxygen atoms in total. The van der Waals surface area contributed by atoms with Crippen LogP contribution in [0.5, 0.6) is 0 Å². The lowest BCUT2D eigenvalue weighted by Gasteiger charge is -2.00. The van der Waals surface area contributed by atoms with E-state index in [0.717, 1.165) is 16.8 Å². The van der Waals surface area contributed by atoms with Gasteiger partial charge in [0.1, 0.15) is 0 Å². The van der Waals surface area contributed by atoms with E-state index in [9.17, 15) is 4.79 Å². The predicted octanol–water partition coefficient (Wildman–Crippen LogP) is 2.16. The van der Waals surface area contributed by atoms with E-state index < -0.39 is 0 Å². The summed E-state index contributed by atoms with van der Waals surface area (Å²) in [7, 11) is 0. The molecule has 1 aliphatic rings. The largest absolute Gasteiger partial charge is 0.398 e. The van der Waals surface area contributed by atoms with Gasteiger partial charge < -0.3 is 11.1 Å². The number of hydrogen-bond donors (Lipinski definition) is 2. The molecule has 3 rings (SSSR count). The Balaban J connectivity index is 2.13. The molecule has 0 saturated heterocycles. The van der Waals surface area contributed by atoms with E-state index in [4.69, 9.17) is 5.73 Å². The van der Waals surface area contributed by atoms with Gasteiger partial charge in [0, 0.05) is 40.5 Å². The second-order valence-electron chi connectivity index (χ2n) is 4.06. The summed E-state index contributed by atoms with van der Waals surface area (Å²) in [5.41, 5.74) is 9.54. The molecule has 1 aliphatic heterocycles. The van der Waals surface area contributed by atoms with Crippen LogP contribution in [-0.2, 0) is 4.79 Å². The van der Waals surface area contributed by atoms with E-state index >= 15 is 0 Å². The fourth-order valence-electron chi connectivity index (χ4n) is 1.98. The summed E-state index contributed by atoms with van der Waals surface area (Å²) in [5.74, 6) is -0.112. The average Bonchev–Trinajstić information content (AvgIpc) is 2.69. The van der Waals surface area contributed by atoms with Crippen LogP contribution in [0.2, 0.25) is 0 Å². The molecular weight excluding hydrogens is 226 g/mol. The van der Waals surface area contributed by atoms with Crippen LogP contribution in [0.15, 0.2) is 42.7 Å². The topological polar surface area (TPSA) is 68.0 Å². The maximum Gasteiger partial charge on any atom is 0.256 e. The van der Waals surface area contributed by atoms with Crippen molar-refractivity contribution < 1.29 is 4.79 Å². The molecule has 0 radical (unpaired) electrons.